The molecular formula is C10H14O. The van der Waals surface area contributed by atoms with Crippen LogP contribution in [-0.4, -0.2) is 11.7 Å². The minimum Gasteiger partial charge on any atom is -0.396 e. The summed E-state index contributed by atoms with van der Waals surface area (Å²) in [6, 6.07) is 8.41. The van der Waals surface area contributed by atoms with Gasteiger partial charge in [-0.2, -0.15) is 0 Å². The zero-order chi connectivity index (χ0) is 8.10. The van der Waals surface area contributed by atoms with E-state index in [0.29, 0.717) is 0 Å². The minimum atomic E-state index is 0.286. The summed E-state index contributed by atoms with van der Waals surface area (Å²) in [6.45, 7) is 2.37. The molecular weight excluding hydrogens is 136 g/mol. The standard InChI is InChI=1S/C10H14O/c1-9-4-2-5-10(8-9)6-3-7-11/h2,4-5,8,11H,3,6-7H2,1H3. The number of hydrogen-bond acceptors (Lipinski definition) is 1. The van der Waals surface area contributed by atoms with Crippen LogP contribution in [0, 0.1) is 6.92 Å². The van der Waals surface area contributed by atoms with Crippen molar-refractivity contribution < 1.29 is 5.11 Å². The Bertz CT molecular complexity index is 218. The summed E-state index contributed by atoms with van der Waals surface area (Å²) in [5.41, 5.74) is 2.61. The van der Waals surface area contributed by atoms with Crippen molar-refractivity contribution in [2.45, 2.75) is 19.8 Å². The Kier molecular flexibility index (Phi) is 3.12. The van der Waals surface area contributed by atoms with Crippen molar-refractivity contribution in [3.05, 3.63) is 35.4 Å². The molecule has 0 aliphatic carbocycles. The predicted molar refractivity (Wildman–Crippen MR) is 46.6 cm³/mol. The lowest BCUT2D eigenvalue weighted by Gasteiger charge is -1.99. The van der Waals surface area contributed by atoms with Crippen molar-refractivity contribution in [1.82, 2.24) is 0 Å². The third-order valence-corrected chi connectivity index (χ3v) is 1.71. The summed E-state index contributed by atoms with van der Waals surface area (Å²) in [4.78, 5) is 0. The van der Waals surface area contributed by atoms with E-state index >= 15 is 0 Å². The molecule has 0 aliphatic rings. The molecule has 0 radical (unpaired) electrons. The highest BCUT2D eigenvalue weighted by atomic mass is 16.2. The van der Waals surface area contributed by atoms with Crippen molar-refractivity contribution in [3.63, 3.8) is 0 Å². The number of rotatable bonds is 3. The topological polar surface area (TPSA) is 20.2 Å². The third kappa shape index (κ3) is 2.72. The van der Waals surface area contributed by atoms with Gasteiger partial charge < -0.3 is 5.11 Å². The van der Waals surface area contributed by atoms with Crippen LogP contribution in [-0.2, 0) is 6.42 Å². The van der Waals surface area contributed by atoms with E-state index in [-0.39, 0.29) is 6.61 Å². The van der Waals surface area contributed by atoms with Crippen molar-refractivity contribution in [1.29, 1.82) is 0 Å². The van der Waals surface area contributed by atoms with Crippen molar-refractivity contribution in [2.75, 3.05) is 6.61 Å². The lowest BCUT2D eigenvalue weighted by atomic mass is 10.1. The van der Waals surface area contributed by atoms with E-state index in [0.717, 1.165) is 12.8 Å². The first-order valence-corrected chi connectivity index (χ1v) is 3.99. The second kappa shape index (κ2) is 4.14. The van der Waals surface area contributed by atoms with Crippen molar-refractivity contribution in [2.24, 2.45) is 0 Å². The lowest BCUT2D eigenvalue weighted by molar-refractivity contribution is 0.288. The molecule has 0 bridgehead atoms. The molecule has 1 nitrogen and oxygen atoms in total. The number of benzene rings is 1. The first-order valence-electron chi connectivity index (χ1n) is 3.99. The van der Waals surface area contributed by atoms with Gasteiger partial charge in [0.2, 0.25) is 0 Å². The van der Waals surface area contributed by atoms with Gasteiger partial charge in [0.05, 0.1) is 0 Å². The largest absolute Gasteiger partial charge is 0.396 e. The number of aryl methyl sites for hydroxylation is 2. The van der Waals surface area contributed by atoms with Crippen LogP contribution in [0.4, 0.5) is 0 Å². The number of hydrogen-bond donors (Lipinski definition) is 1. The number of aliphatic hydroxyl groups excluding tert-OH is 1. The maximum atomic E-state index is 8.60. The van der Waals surface area contributed by atoms with E-state index in [1.54, 1.807) is 0 Å². The molecule has 0 aliphatic heterocycles. The van der Waals surface area contributed by atoms with Crippen molar-refractivity contribution >= 4 is 0 Å². The molecule has 0 atom stereocenters. The van der Waals surface area contributed by atoms with Crippen molar-refractivity contribution in [3.8, 4) is 0 Å². The molecule has 0 aromatic heterocycles. The average Bonchev–Trinajstić information content (AvgIpc) is 2.01. The van der Waals surface area contributed by atoms with Crippen LogP contribution in [0.2, 0.25) is 0 Å². The van der Waals surface area contributed by atoms with Gasteiger partial charge in [-0.05, 0) is 25.3 Å². The summed E-state index contributed by atoms with van der Waals surface area (Å²) in [5.74, 6) is 0. The zero-order valence-electron chi connectivity index (χ0n) is 6.88. The fraction of sp³-hybridized carbons (Fsp3) is 0.400. The van der Waals surface area contributed by atoms with Gasteiger partial charge in [0.15, 0.2) is 0 Å². The van der Waals surface area contributed by atoms with E-state index in [9.17, 15) is 0 Å². The lowest BCUT2D eigenvalue weighted by Crippen LogP contribution is -1.89. The highest BCUT2D eigenvalue weighted by Gasteiger charge is 1.91. The molecule has 1 aromatic carbocycles. The molecule has 0 saturated carbocycles. The molecule has 0 saturated heterocycles. The first-order chi connectivity index (χ1) is 5.33. The van der Waals surface area contributed by atoms with Crippen LogP contribution >= 0.6 is 0 Å². The second-order valence-electron chi connectivity index (χ2n) is 2.82. The van der Waals surface area contributed by atoms with Gasteiger partial charge >= 0.3 is 0 Å². The average molecular weight is 150 g/mol. The molecule has 1 rings (SSSR count). The van der Waals surface area contributed by atoms with Gasteiger partial charge in [-0.1, -0.05) is 29.8 Å². The molecule has 0 unspecified atom stereocenters. The van der Waals surface area contributed by atoms with Crippen LogP contribution in [0.3, 0.4) is 0 Å². The minimum absolute atomic E-state index is 0.286. The highest BCUT2D eigenvalue weighted by Crippen LogP contribution is 2.05. The van der Waals surface area contributed by atoms with Gasteiger partial charge in [0, 0.05) is 6.61 Å². The fourth-order valence-corrected chi connectivity index (χ4v) is 1.15. The first kappa shape index (κ1) is 8.28. The van der Waals surface area contributed by atoms with E-state index in [2.05, 4.69) is 31.2 Å². The summed E-state index contributed by atoms with van der Waals surface area (Å²) >= 11 is 0. The molecule has 60 valence electrons. The Balaban J connectivity index is 2.56. The van der Waals surface area contributed by atoms with E-state index < -0.39 is 0 Å². The number of aliphatic hydroxyl groups is 1. The van der Waals surface area contributed by atoms with Crippen LogP contribution in [0.25, 0.3) is 0 Å². The second-order valence-corrected chi connectivity index (χ2v) is 2.82. The molecule has 1 aromatic rings. The van der Waals surface area contributed by atoms with Gasteiger partial charge in [-0.3, -0.25) is 0 Å². The molecule has 1 heteroatoms. The molecule has 0 heterocycles. The van der Waals surface area contributed by atoms with Crippen LogP contribution < -0.4 is 0 Å². The monoisotopic (exact) mass is 150 g/mol. The van der Waals surface area contributed by atoms with Gasteiger partial charge in [-0.25, -0.2) is 0 Å². The normalized spacial score (nSPS) is 10.0. The summed E-state index contributed by atoms with van der Waals surface area (Å²) < 4.78 is 0. The maximum Gasteiger partial charge on any atom is 0.0434 e. The molecule has 0 amide bonds. The summed E-state index contributed by atoms with van der Waals surface area (Å²) in [6.07, 6.45) is 1.85. The quantitative estimate of drug-likeness (QED) is 0.698. The maximum absolute atomic E-state index is 8.60. The Hall–Kier alpha value is -0.820. The van der Waals surface area contributed by atoms with E-state index in [1.165, 1.54) is 11.1 Å². The molecule has 0 spiro atoms. The van der Waals surface area contributed by atoms with E-state index in [1.807, 2.05) is 0 Å². The Morgan fingerprint density at radius 1 is 1.36 bits per heavy atom. The molecule has 11 heavy (non-hydrogen) atoms. The third-order valence-electron chi connectivity index (χ3n) is 1.71. The smallest absolute Gasteiger partial charge is 0.0434 e. The molecule has 1 N–H and O–H groups in total. The SMILES string of the molecule is Cc1cccc(CCCO)c1. The van der Waals surface area contributed by atoms with Gasteiger partial charge in [-0.15, -0.1) is 0 Å². The summed E-state index contributed by atoms with van der Waals surface area (Å²) in [7, 11) is 0. The van der Waals surface area contributed by atoms with Gasteiger partial charge in [0.25, 0.3) is 0 Å². The predicted octanol–water partition coefficient (Wildman–Crippen LogP) is 1.92. The summed E-state index contributed by atoms with van der Waals surface area (Å²) in [5, 5.41) is 8.60. The van der Waals surface area contributed by atoms with Crippen LogP contribution in [0.5, 0.6) is 0 Å². The highest BCUT2D eigenvalue weighted by molar-refractivity contribution is 5.22. The zero-order valence-corrected chi connectivity index (χ0v) is 6.88. The fourth-order valence-electron chi connectivity index (χ4n) is 1.15. The van der Waals surface area contributed by atoms with Crippen LogP contribution in [0.1, 0.15) is 17.5 Å². The Labute approximate surface area is 67.7 Å². The van der Waals surface area contributed by atoms with Gasteiger partial charge in [0.1, 0.15) is 0 Å². The molecule has 0 fully saturated rings. The van der Waals surface area contributed by atoms with Crippen LogP contribution in [0.15, 0.2) is 24.3 Å². The Morgan fingerprint density at radius 2 is 2.18 bits per heavy atom. The Morgan fingerprint density at radius 3 is 2.82 bits per heavy atom. The van der Waals surface area contributed by atoms with E-state index in [4.69, 9.17) is 5.11 Å².